The maximum Gasteiger partial charge on any atom is 0.221 e. The second-order valence-corrected chi connectivity index (χ2v) is 4.77. The molecule has 1 aromatic carbocycles. The quantitative estimate of drug-likeness (QED) is 0.877. The minimum Gasteiger partial charge on any atom is -0.326 e. The number of benzene rings is 1. The van der Waals surface area contributed by atoms with Gasteiger partial charge in [0, 0.05) is 37.6 Å². The van der Waals surface area contributed by atoms with Crippen LogP contribution in [0.3, 0.4) is 0 Å². The Morgan fingerprint density at radius 3 is 2.85 bits per heavy atom. The van der Waals surface area contributed by atoms with E-state index in [0.29, 0.717) is 0 Å². The zero-order valence-corrected chi connectivity index (χ0v) is 11.8. The van der Waals surface area contributed by atoms with E-state index in [-0.39, 0.29) is 11.9 Å². The van der Waals surface area contributed by atoms with Crippen LogP contribution in [-0.4, -0.2) is 10.9 Å². The molecule has 0 saturated heterocycles. The van der Waals surface area contributed by atoms with E-state index in [1.54, 1.807) is 6.20 Å². The maximum atomic E-state index is 11.1. The summed E-state index contributed by atoms with van der Waals surface area (Å²) in [6.45, 7) is 4.37. The number of anilines is 1. The zero-order chi connectivity index (χ0) is 14.4. The summed E-state index contributed by atoms with van der Waals surface area (Å²) in [6, 6.07) is 12.0. The summed E-state index contributed by atoms with van der Waals surface area (Å²) < 4.78 is 0. The van der Waals surface area contributed by atoms with Gasteiger partial charge in [0.25, 0.3) is 0 Å². The molecule has 0 spiro atoms. The third-order valence-corrected chi connectivity index (χ3v) is 3.04. The highest BCUT2D eigenvalue weighted by molar-refractivity contribution is 5.88. The molecule has 0 aliphatic heterocycles. The molecular formula is C16H19N3O. The Morgan fingerprint density at radius 2 is 2.15 bits per heavy atom. The molecule has 1 amide bonds. The number of carbonyl (C=O) groups is 1. The van der Waals surface area contributed by atoms with E-state index in [1.807, 2.05) is 42.6 Å². The standard InChI is InChI=1S/C16H19N3O/c1-12(18-11-14-5-4-8-17-10-14)15-6-3-7-16(9-15)19-13(2)20/h3-10,12,18H,11H2,1-2H3,(H,19,20)/t12-/m0/s1. The van der Waals surface area contributed by atoms with Crippen molar-refractivity contribution in [1.29, 1.82) is 0 Å². The molecule has 0 saturated carbocycles. The van der Waals surface area contributed by atoms with E-state index >= 15 is 0 Å². The fourth-order valence-electron chi connectivity index (χ4n) is 1.98. The molecule has 20 heavy (non-hydrogen) atoms. The Balaban J connectivity index is 1.98. The summed E-state index contributed by atoms with van der Waals surface area (Å²) in [5.41, 5.74) is 3.11. The molecular weight excluding hydrogens is 250 g/mol. The number of amides is 1. The first-order valence-electron chi connectivity index (χ1n) is 6.65. The molecule has 2 aromatic rings. The van der Waals surface area contributed by atoms with Crippen molar-refractivity contribution in [3.05, 3.63) is 59.9 Å². The zero-order valence-electron chi connectivity index (χ0n) is 11.8. The molecule has 0 aliphatic carbocycles. The van der Waals surface area contributed by atoms with Gasteiger partial charge in [0.1, 0.15) is 0 Å². The Morgan fingerprint density at radius 1 is 1.30 bits per heavy atom. The van der Waals surface area contributed by atoms with E-state index in [4.69, 9.17) is 0 Å². The van der Waals surface area contributed by atoms with Crippen molar-refractivity contribution < 1.29 is 4.79 Å². The molecule has 0 bridgehead atoms. The van der Waals surface area contributed by atoms with E-state index in [0.717, 1.165) is 23.4 Å². The molecule has 0 radical (unpaired) electrons. The smallest absolute Gasteiger partial charge is 0.221 e. The molecule has 2 N–H and O–H groups in total. The van der Waals surface area contributed by atoms with E-state index in [1.165, 1.54) is 6.92 Å². The average molecular weight is 269 g/mol. The molecule has 2 rings (SSSR count). The molecule has 0 unspecified atom stereocenters. The molecule has 4 nitrogen and oxygen atoms in total. The first-order valence-corrected chi connectivity index (χ1v) is 6.65. The van der Waals surface area contributed by atoms with Crippen molar-refractivity contribution in [2.45, 2.75) is 26.4 Å². The Labute approximate surface area is 119 Å². The van der Waals surface area contributed by atoms with E-state index in [2.05, 4.69) is 22.5 Å². The monoisotopic (exact) mass is 269 g/mol. The lowest BCUT2D eigenvalue weighted by molar-refractivity contribution is -0.114. The third kappa shape index (κ3) is 4.17. The predicted molar refractivity (Wildman–Crippen MR) is 80.2 cm³/mol. The van der Waals surface area contributed by atoms with Gasteiger partial charge in [0.15, 0.2) is 0 Å². The maximum absolute atomic E-state index is 11.1. The van der Waals surface area contributed by atoms with Gasteiger partial charge in [0.05, 0.1) is 0 Å². The highest BCUT2D eigenvalue weighted by Gasteiger charge is 2.06. The highest BCUT2D eigenvalue weighted by Crippen LogP contribution is 2.17. The summed E-state index contributed by atoms with van der Waals surface area (Å²) in [5, 5.41) is 6.24. The second-order valence-electron chi connectivity index (χ2n) is 4.77. The summed E-state index contributed by atoms with van der Waals surface area (Å²) >= 11 is 0. The third-order valence-electron chi connectivity index (χ3n) is 3.04. The van der Waals surface area contributed by atoms with Gasteiger partial charge in [-0.1, -0.05) is 18.2 Å². The van der Waals surface area contributed by atoms with Crippen LogP contribution in [0.25, 0.3) is 0 Å². The van der Waals surface area contributed by atoms with Gasteiger partial charge in [-0.05, 0) is 36.2 Å². The number of pyridine rings is 1. The summed E-state index contributed by atoms with van der Waals surface area (Å²) in [4.78, 5) is 15.2. The minimum atomic E-state index is -0.0573. The van der Waals surface area contributed by atoms with Gasteiger partial charge in [-0.15, -0.1) is 0 Å². The van der Waals surface area contributed by atoms with E-state index in [9.17, 15) is 4.79 Å². The van der Waals surface area contributed by atoms with Crippen molar-refractivity contribution in [3.63, 3.8) is 0 Å². The Hall–Kier alpha value is -2.20. The number of nitrogens with one attached hydrogen (secondary N) is 2. The summed E-state index contributed by atoms with van der Waals surface area (Å²) in [7, 11) is 0. The van der Waals surface area contributed by atoms with Crippen molar-refractivity contribution >= 4 is 11.6 Å². The number of carbonyl (C=O) groups excluding carboxylic acids is 1. The number of hydrogen-bond acceptors (Lipinski definition) is 3. The number of rotatable bonds is 5. The van der Waals surface area contributed by atoms with Gasteiger partial charge >= 0.3 is 0 Å². The lowest BCUT2D eigenvalue weighted by Gasteiger charge is -2.15. The van der Waals surface area contributed by atoms with Crippen molar-refractivity contribution in [1.82, 2.24) is 10.3 Å². The van der Waals surface area contributed by atoms with Gasteiger partial charge in [-0.25, -0.2) is 0 Å². The topological polar surface area (TPSA) is 54.0 Å². The lowest BCUT2D eigenvalue weighted by Crippen LogP contribution is -2.18. The first-order chi connectivity index (χ1) is 9.65. The predicted octanol–water partition coefficient (Wildman–Crippen LogP) is 2.89. The number of hydrogen-bond donors (Lipinski definition) is 2. The van der Waals surface area contributed by atoms with Gasteiger partial charge in [0.2, 0.25) is 5.91 Å². The fourth-order valence-corrected chi connectivity index (χ4v) is 1.98. The van der Waals surface area contributed by atoms with E-state index < -0.39 is 0 Å². The Kier molecular flexibility index (Phi) is 4.85. The highest BCUT2D eigenvalue weighted by atomic mass is 16.1. The van der Waals surface area contributed by atoms with Gasteiger partial charge in [-0.3, -0.25) is 9.78 Å². The molecule has 0 fully saturated rings. The molecule has 4 heteroatoms. The van der Waals surface area contributed by atoms with Crippen LogP contribution < -0.4 is 10.6 Å². The molecule has 1 heterocycles. The molecule has 1 atom stereocenters. The average Bonchev–Trinajstić information content (AvgIpc) is 2.45. The number of nitrogens with zero attached hydrogens (tertiary/aromatic N) is 1. The van der Waals surface area contributed by atoms with Crippen LogP contribution in [0.15, 0.2) is 48.8 Å². The molecule has 1 aromatic heterocycles. The van der Waals surface area contributed by atoms with Crippen molar-refractivity contribution in [2.24, 2.45) is 0 Å². The van der Waals surface area contributed by atoms with Crippen LogP contribution in [0.5, 0.6) is 0 Å². The summed E-state index contributed by atoms with van der Waals surface area (Å²) in [5.74, 6) is -0.0573. The normalized spacial score (nSPS) is 11.9. The van der Waals surface area contributed by atoms with Crippen LogP contribution in [0, 0.1) is 0 Å². The van der Waals surface area contributed by atoms with Crippen LogP contribution in [-0.2, 0) is 11.3 Å². The largest absolute Gasteiger partial charge is 0.326 e. The van der Waals surface area contributed by atoms with Gasteiger partial charge < -0.3 is 10.6 Å². The molecule has 0 aliphatic rings. The van der Waals surface area contributed by atoms with Crippen LogP contribution >= 0.6 is 0 Å². The summed E-state index contributed by atoms with van der Waals surface area (Å²) in [6.07, 6.45) is 3.62. The van der Waals surface area contributed by atoms with Crippen LogP contribution in [0.2, 0.25) is 0 Å². The van der Waals surface area contributed by atoms with Crippen molar-refractivity contribution in [3.8, 4) is 0 Å². The second kappa shape index (κ2) is 6.82. The minimum absolute atomic E-state index is 0.0573. The van der Waals surface area contributed by atoms with Crippen LogP contribution in [0.1, 0.15) is 31.0 Å². The SMILES string of the molecule is CC(=O)Nc1cccc([C@H](C)NCc2cccnc2)c1. The lowest BCUT2D eigenvalue weighted by atomic mass is 10.1. The number of aromatic nitrogens is 1. The Bertz CT molecular complexity index is 569. The first kappa shape index (κ1) is 14.2. The van der Waals surface area contributed by atoms with Gasteiger partial charge in [-0.2, -0.15) is 0 Å². The van der Waals surface area contributed by atoms with Crippen LogP contribution in [0.4, 0.5) is 5.69 Å². The molecule has 104 valence electrons. The fraction of sp³-hybridized carbons (Fsp3) is 0.250. The van der Waals surface area contributed by atoms with Crippen molar-refractivity contribution in [2.75, 3.05) is 5.32 Å².